The molecular formula is C20H23N5OS2. The second-order valence-corrected chi connectivity index (χ2v) is 8.40. The molecule has 0 saturated carbocycles. The average Bonchev–Trinajstić information content (AvgIpc) is 3.42. The van der Waals surface area contributed by atoms with Crippen molar-refractivity contribution in [3.8, 4) is 0 Å². The summed E-state index contributed by atoms with van der Waals surface area (Å²) < 4.78 is 4.53. The molecule has 1 fully saturated rings. The van der Waals surface area contributed by atoms with Gasteiger partial charge in [-0.25, -0.2) is 4.98 Å². The van der Waals surface area contributed by atoms with E-state index in [0.29, 0.717) is 6.54 Å². The van der Waals surface area contributed by atoms with Gasteiger partial charge in [0, 0.05) is 57.2 Å². The van der Waals surface area contributed by atoms with Crippen LogP contribution in [-0.2, 0) is 6.42 Å². The Morgan fingerprint density at radius 3 is 2.64 bits per heavy atom. The fourth-order valence-electron chi connectivity index (χ4n) is 3.21. The number of anilines is 1. The lowest BCUT2D eigenvalue weighted by atomic mass is 10.1. The van der Waals surface area contributed by atoms with Crippen LogP contribution in [0.25, 0.3) is 0 Å². The third kappa shape index (κ3) is 4.95. The molecule has 0 bridgehead atoms. The van der Waals surface area contributed by atoms with Crippen molar-refractivity contribution in [2.45, 2.75) is 6.42 Å². The van der Waals surface area contributed by atoms with Gasteiger partial charge in [-0.15, -0.1) is 11.3 Å². The fourth-order valence-corrected chi connectivity index (χ4v) is 4.59. The molecule has 0 radical (unpaired) electrons. The predicted molar refractivity (Wildman–Crippen MR) is 114 cm³/mol. The van der Waals surface area contributed by atoms with Gasteiger partial charge in [0.25, 0.3) is 5.91 Å². The summed E-state index contributed by atoms with van der Waals surface area (Å²) in [5.74, 6) is 0.915. The smallest absolute Gasteiger partial charge is 0.261 e. The number of rotatable bonds is 7. The molecule has 1 aromatic carbocycles. The van der Waals surface area contributed by atoms with E-state index in [-0.39, 0.29) is 5.91 Å². The Hall–Kier alpha value is -2.29. The van der Waals surface area contributed by atoms with Crippen LogP contribution in [0.4, 0.5) is 5.13 Å². The summed E-state index contributed by atoms with van der Waals surface area (Å²) in [6, 6.07) is 14.1. The van der Waals surface area contributed by atoms with Crippen LogP contribution in [0.2, 0.25) is 0 Å². The largest absolute Gasteiger partial charge is 0.350 e. The highest BCUT2D eigenvalue weighted by atomic mass is 32.1. The Bertz CT molecular complexity index is 873. The number of hydrogen-bond donors (Lipinski definition) is 1. The van der Waals surface area contributed by atoms with Gasteiger partial charge in [0.2, 0.25) is 5.13 Å². The number of nitrogens with zero attached hydrogens (tertiary/aromatic N) is 4. The van der Waals surface area contributed by atoms with E-state index in [1.807, 2.05) is 35.7 Å². The SMILES string of the molecule is O=C(NCCN1CCN(c2nc(Cc3ccccc3)ns2)CC1)c1cccs1. The highest BCUT2D eigenvalue weighted by Gasteiger charge is 2.20. The number of benzene rings is 1. The maximum Gasteiger partial charge on any atom is 0.261 e. The van der Waals surface area contributed by atoms with E-state index < -0.39 is 0 Å². The zero-order valence-corrected chi connectivity index (χ0v) is 17.2. The minimum atomic E-state index is 0.0217. The molecule has 0 unspecified atom stereocenters. The number of amides is 1. The van der Waals surface area contributed by atoms with Gasteiger partial charge >= 0.3 is 0 Å². The van der Waals surface area contributed by atoms with Crippen LogP contribution >= 0.6 is 22.9 Å². The van der Waals surface area contributed by atoms with Gasteiger partial charge in [-0.3, -0.25) is 9.69 Å². The lowest BCUT2D eigenvalue weighted by Crippen LogP contribution is -2.48. The first-order valence-electron chi connectivity index (χ1n) is 9.43. The molecule has 1 amide bonds. The minimum Gasteiger partial charge on any atom is -0.350 e. The Balaban J connectivity index is 1.20. The van der Waals surface area contributed by atoms with Gasteiger partial charge in [-0.05, 0) is 17.0 Å². The van der Waals surface area contributed by atoms with E-state index >= 15 is 0 Å². The summed E-state index contributed by atoms with van der Waals surface area (Å²) in [4.78, 5) is 22.2. The Morgan fingerprint density at radius 2 is 1.89 bits per heavy atom. The van der Waals surface area contributed by atoms with Crippen molar-refractivity contribution in [1.29, 1.82) is 0 Å². The van der Waals surface area contributed by atoms with Gasteiger partial charge in [0.15, 0.2) is 0 Å². The first-order chi connectivity index (χ1) is 13.8. The van der Waals surface area contributed by atoms with Gasteiger partial charge in [0.1, 0.15) is 5.82 Å². The molecule has 0 atom stereocenters. The molecule has 1 N–H and O–H groups in total. The number of carbonyl (C=O) groups is 1. The molecule has 8 heteroatoms. The lowest BCUT2D eigenvalue weighted by molar-refractivity contribution is 0.0952. The average molecular weight is 414 g/mol. The lowest BCUT2D eigenvalue weighted by Gasteiger charge is -2.34. The molecule has 4 rings (SSSR count). The van der Waals surface area contributed by atoms with Crippen LogP contribution < -0.4 is 10.2 Å². The van der Waals surface area contributed by atoms with Crippen molar-refractivity contribution in [3.05, 3.63) is 64.1 Å². The molecule has 146 valence electrons. The maximum atomic E-state index is 12.0. The van der Waals surface area contributed by atoms with Crippen molar-refractivity contribution in [2.75, 3.05) is 44.2 Å². The second kappa shape index (κ2) is 9.27. The summed E-state index contributed by atoms with van der Waals surface area (Å²) >= 11 is 2.96. The van der Waals surface area contributed by atoms with Crippen LogP contribution in [0.1, 0.15) is 21.1 Å². The number of piperazine rings is 1. The highest BCUT2D eigenvalue weighted by molar-refractivity contribution is 7.12. The number of carbonyl (C=O) groups excluding carboxylic acids is 1. The van der Waals surface area contributed by atoms with Gasteiger partial charge < -0.3 is 10.2 Å². The number of thiophene rings is 1. The molecule has 1 aliphatic rings. The molecular weight excluding hydrogens is 390 g/mol. The van der Waals surface area contributed by atoms with Crippen LogP contribution in [0, 0.1) is 0 Å². The van der Waals surface area contributed by atoms with Gasteiger partial charge in [-0.1, -0.05) is 36.4 Å². The number of hydrogen-bond acceptors (Lipinski definition) is 7. The first-order valence-corrected chi connectivity index (χ1v) is 11.1. The quantitative estimate of drug-likeness (QED) is 0.645. The zero-order valence-electron chi connectivity index (χ0n) is 15.6. The molecule has 3 aromatic rings. The molecule has 3 heterocycles. The summed E-state index contributed by atoms with van der Waals surface area (Å²) in [5, 5.41) is 5.93. The highest BCUT2D eigenvalue weighted by Crippen LogP contribution is 2.20. The van der Waals surface area contributed by atoms with Crippen LogP contribution in [0.3, 0.4) is 0 Å². The monoisotopic (exact) mass is 413 g/mol. The van der Waals surface area contributed by atoms with Crippen molar-refractivity contribution < 1.29 is 4.79 Å². The summed E-state index contributed by atoms with van der Waals surface area (Å²) in [6.07, 6.45) is 0.779. The minimum absolute atomic E-state index is 0.0217. The summed E-state index contributed by atoms with van der Waals surface area (Å²) in [5.41, 5.74) is 1.24. The van der Waals surface area contributed by atoms with E-state index in [1.54, 1.807) is 0 Å². The molecule has 1 saturated heterocycles. The fraction of sp³-hybridized carbons (Fsp3) is 0.350. The third-order valence-corrected chi connectivity index (χ3v) is 6.45. The van der Waals surface area contributed by atoms with Crippen molar-refractivity contribution in [1.82, 2.24) is 19.6 Å². The van der Waals surface area contributed by atoms with E-state index in [0.717, 1.165) is 55.0 Å². The molecule has 28 heavy (non-hydrogen) atoms. The van der Waals surface area contributed by atoms with E-state index in [2.05, 4.69) is 31.6 Å². The molecule has 0 spiro atoms. The summed E-state index contributed by atoms with van der Waals surface area (Å²) in [6.45, 7) is 5.39. The van der Waals surface area contributed by atoms with Crippen molar-refractivity contribution >= 4 is 33.9 Å². The Labute approximate surface area is 173 Å². The summed E-state index contributed by atoms with van der Waals surface area (Å²) in [7, 11) is 0. The van der Waals surface area contributed by atoms with Crippen molar-refractivity contribution in [3.63, 3.8) is 0 Å². The van der Waals surface area contributed by atoms with Gasteiger partial charge in [0.05, 0.1) is 4.88 Å². The predicted octanol–water partition coefficient (Wildman–Crippen LogP) is 2.74. The third-order valence-electron chi connectivity index (χ3n) is 4.76. The van der Waals surface area contributed by atoms with Crippen LogP contribution in [-0.4, -0.2) is 59.4 Å². The molecule has 0 aliphatic carbocycles. The van der Waals surface area contributed by atoms with Crippen LogP contribution in [0.5, 0.6) is 0 Å². The van der Waals surface area contributed by atoms with E-state index in [4.69, 9.17) is 4.98 Å². The van der Waals surface area contributed by atoms with Crippen molar-refractivity contribution in [2.24, 2.45) is 0 Å². The normalized spacial score (nSPS) is 14.9. The molecule has 1 aliphatic heterocycles. The zero-order chi connectivity index (χ0) is 19.2. The Kier molecular flexibility index (Phi) is 6.31. The molecule has 2 aromatic heterocycles. The van der Waals surface area contributed by atoms with E-state index in [1.165, 1.54) is 28.4 Å². The maximum absolute atomic E-state index is 12.0. The topological polar surface area (TPSA) is 61.4 Å². The van der Waals surface area contributed by atoms with Gasteiger partial charge in [-0.2, -0.15) is 4.37 Å². The Morgan fingerprint density at radius 1 is 1.07 bits per heavy atom. The first kappa shape index (κ1) is 19.0. The number of nitrogens with one attached hydrogen (secondary N) is 1. The number of aromatic nitrogens is 2. The second-order valence-electron chi connectivity index (χ2n) is 6.72. The van der Waals surface area contributed by atoms with E-state index in [9.17, 15) is 4.79 Å². The standard InChI is InChI=1S/C20H23N5OS2/c26-19(17-7-4-14-27-17)21-8-9-24-10-12-25(13-11-24)20-22-18(23-28-20)15-16-5-2-1-3-6-16/h1-7,14H,8-13,15H2,(H,21,26). The molecule has 6 nitrogen and oxygen atoms in total. The van der Waals surface area contributed by atoms with Crippen LogP contribution in [0.15, 0.2) is 47.8 Å².